The van der Waals surface area contributed by atoms with E-state index in [-0.39, 0.29) is 18.6 Å². The number of aromatic nitrogens is 1. The van der Waals surface area contributed by atoms with Gasteiger partial charge in [-0.25, -0.2) is 0 Å². The van der Waals surface area contributed by atoms with E-state index < -0.39 is 0 Å². The lowest BCUT2D eigenvalue weighted by molar-refractivity contribution is 0.0934. The number of aryl methyl sites for hydroxylation is 2. The topological polar surface area (TPSA) is 75.4 Å². The van der Waals surface area contributed by atoms with Crippen LogP contribution in [0.25, 0.3) is 0 Å². The molecule has 0 radical (unpaired) electrons. The van der Waals surface area contributed by atoms with E-state index in [1.165, 1.54) is 0 Å². The van der Waals surface area contributed by atoms with Crippen molar-refractivity contribution in [1.29, 1.82) is 0 Å². The minimum atomic E-state index is -0.165. The van der Waals surface area contributed by atoms with Crippen molar-refractivity contribution in [2.75, 3.05) is 6.61 Å². The Kier molecular flexibility index (Phi) is 4.49. The molecule has 2 N–H and O–H groups in total. The van der Waals surface area contributed by atoms with Gasteiger partial charge in [-0.2, -0.15) is 0 Å². The molecule has 1 atom stereocenters. The van der Waals surface area contributed by atoms with E-state index in [1.54, 1.807) is 13.8 Å². The van der Waals surface area contributed by atoms with Gasteiger partial charge >= 0.3 is 0 Å². The highest BCUT2D eigenvalue weighted by Gasteiger charge is 2.18. The summed E-state index contributed by atoms with van der Waals surface area (Å²) in [4.78, 5) is 11.8. The summed E-state index contributed by atoms with van der Waals surface area (Å²) in [5, 5.41) is 15.3. The Bertz CT molecular complexity index is 341. The van der Waals surface area contributed by atoms with Gasteiger partial charge in [0.15, 0.2) is 0 Å². The zero-order chi connectivity index (χ0) is 12.1. The molecule has 1 unspecified atom stereocenters. The van der Waals surface area contributed by atoms with Crippen LogP contribution >= 0.6 is 0 Å². The molecule has 90 valence electrons. The van der Waals surface area contributed by atoms with Crippen LogP contribution in [-0.4, -0.2) is 28.8 Å². The average Bonchev–Trinajstić information content (AvgIpc) is 2.55. The predicted octanol–water partition coefficient (Wildman–Crippen LogP) is 1.18. The maximum absolute atomic E-state index is 11.8. The van der Waals surface area contributed by atoms with Crippen LogP contribution in [0, 0.1) is 13.8 Å². The second kappa shape index (κ2) is 5.65. The van der Waals surface area contributed by atoms with Crippen LogP contribution in [0.2, 0.25) is 0 Å². The first kappa shape index (κ1) is 12.7. The third kappa shape index (κ3) is 3.06. The molecule has 0 aromatic carbocycles. The Morgan fingerprint density at radius 2 is 2.25 bits per heavy atom. The molecule has 1 heterocycles. The minimum absolute atomic E-state index is 0.0355. The summed E-state index contributed by atoms with van der Waals surface area (Å²) >= 11 is 0. The molecule has 1 aromatic heterocycles. The largest absolute Gasteiger partial charge is 0.396 e. The van der Waals surface area contributed by atoms with Crippen LogP contribution in [0.5, 0.6) is 0 Å². The zero-order valence-corrected chi connectivity index (χ0v) is 9.91. The zero-order valence-electron chi connectivity index (χ0n) is 9.91. The fourth-order valence-corrected chi connectivity index (χ4v) is 1.57. The molecule has 0 saturated carbocycles. The number of amides is 1. The van der Waals surface area contributed by atoms with Crippen molar-refractivity contribution in [1.82, 2.24) is 10.5 Å². The normalized spacial score (nSPS) is 12.5. The van der Waals surface area contributed by atoms with Gasteiger partial charge in [-0.05, 0) is 33.6 Å². The van der Waals surface area contributed by atoms with Crippen LogP contribution in [0.15, 0.2) is 4.52 Å². The summed E-state index contributed by atoms with van der Waals surface area (Å²) in [7, 11) is 0. The highest BCUT2D eigenvalue weighted by molar-refractivity contribution is 5.96. The van der Waals surface area contributed by atoms with Crippen LogP contribution in [0.4, 0.5) is 0 Å². The molecule has 0 bridgehead atoms. The van der Waals surface area contributed by atoms with Crippen LogP contribution in [-0.2, 0) is 0 Å². The van der Waals surface area contributed by atoms with Gasteiger partial charge in [-0.15, -0.1) is 0 Å². The lowest BCUT2D eigenvalue weighted by Gasteiger charge is -2.12. The number of nitrogens with one attached hydrogen (secondary N) is 1. The molecule has 0 saturated heterocycles. The third-order valence-corrected chi connectivity index (χ3v) is 2.43. The van der Waals surface area contributed by atoms with Gasteiger partial charge in [-0.3, -0.25) is 4.79 Å². The van der Waals surface area contributed by atoms with Gasteiger partial charge in [0.05, 0.1) is 5.69 Å². The summed E-state index contributed by atoms with van der Waals surface area (Å²) in [6.45, 7) is 5.51. The molecule has 5 heteroatoms. The number of hydrogen-bond acceptors (Lipinski definition) is 4. The van der Waals surface area contributed by atoms with Crippen LogP contribution < -0.4 is 5.32 Å². The first-order valence-corrected chi connectivity index (χ1v) is 5.40. The number of nitrogens with zero attached hydrogens (tertiary/aromatic N) is 1. The SMILES string of the molecule is Cc1noc(C)c1C(=O)NC(C)CCCO. The van der Waals surface area contributed by atoms with Gasteiger partial charge in [-0.1, -0.05) is 5.16 Å². The van der Waals surface area contributed by atoms with Crippen LogP contribution in [0.3, 0.4) is 0 Å². The minimum Gasteiger partial charge on any atom is -0.396 e. The molecule has 0 fully saturated rings. The summed E-state index contributed by atoms with van der Waals surface area (Å²) in [6.07, 6.45) is 1.44. The Morgan fingerprint density at radius 3 is 2.75 bits per heavy atom. The fourth-order valence-electron chi connectivity index (χ4n) is 1.57. The number of carbonyl (C=O) groups excluding carboxylic acids is 1. The quantitative estimate of drug-likeness (QED) is 0.790. The molecule has 1 rings (SSSR count). The Hall–Kier alpha value is -1.36. The molecule has 0 aliphatic rings. The van der Waals surface area contributed by atoms with Crippen LogP contribution in [0.1, 0.15) is 41.6 Å². The lowest BCUT2D eigenvalue weighted by atomic mass is 10.1. The van der Waals surface area contributed by atoms with E-state index in [4.69, 9.17) is 9.63 Å². The van der Waals surface area contributed by atoms with E-state index in [0.29, 0.717) is 23.4 Å². The van der Waals surface area contributed by atoms with Gasteiger partial charge in [0.2, 0.25) is 0 Å². The summed E-state index contributed by atoms with van der Waals surface area (Å²) < 4.78 is 4.93. The van der Waals surface area contributed by atoms with Crippen molar-refractivity contribution < 1.29 is 14.4 Å². The Balaban J connectivity index is 2.59. The third-order valence-electron chi connectivity index (χ3n) is 2.43. The average molecular weight is 226 g/mol. The lowest BCUT2D eigenvalue weighted by Crippen LogP contribution is -2.33. The van der Waals surface area contributed by atoms with Crippen molar-refractivity contribution >= 4 is 5.91 Å². The second-order valence-corrected chi connectivity index (χ2v) is 3.94. The molecule has 1 amide bonds. The number of hydrogen-bond donors (Lipinski definition) is 2. The molecule has 0 aliphatic heterocycles. The Morgan fingerprint density at radius 1 is 1.56 bits per heavy atom. The molecule has 1 aromatic rings. The molecule has 0 aliphatic carbocycles. The van der Waals surface area contributed by atoms with E-state index >= 15 is 0 Å². The van der Waals surface area contributed by atoms with E-state index in [1.807, 2.05) is 6.92 Å². The monoisotopic (exact) mass is 226 g/mol. The fraction of sp³-hybridized carbons (Fsp3) is 0.636. The molecular formula is C11H18N2O3. The van der Waals surface area contributed by atoms with Crippen molar-refractivity contribution in [2.45, 2.75) is 39.7 Å². The number of rotatable bonds is 5. The van der Waals surface area contributed by atoms with Crippen molar-refractivity contribution in [2.24, 2.45) is 0 Å². The van der Waals surface area contributed by atoms with E-state index in [0.717, 1.165) is 6.42 Å². The molecular weight excluding hydrogens is 208 g/mol. The predicted molar refractivity (Wildman–Crippen MR) is 59.2 cm³/mol. The molecule has 0 spiro atoms. The number of aliphatic hydroxyl groups is 1. The standard InChI is InChI=1S/C11H18N2O3/c1-7(5-4-6-14)12-11(15)10-8(2)13-16-9(10)3/h7,14H,4-6H2,1-3H3,(H,12,15). The first-order valence-electron chi connectivity index (χ1n) is 5.40. The summed E-state index contributed by atoms with van der Waals surface area (Å²) in [6, 6.07) is 0.0355. The Labute approximate surface area is 94.8 Å². The highest BCUT2D eigenvalue weighted by Crippen LogP contribution is 2.12. The molecule has 16 heavy (non-hydrogen) atoms. The smallest absolute Gasteiger partial charge is 0.256 e. The number of aliphatic hydroxyl groups excluding tert-OH is 1. The number of carbonyl (C=O) groups is 1. The maximum Gasteiger partial charge on any atom is 0.256 e. The van der Waals surface area contributed by atoms with Crippen molar-refractivity contribution in [3.8, 4) is 0 Å². The maximum atomic E-state index is 11.8. The molecule has 5 nitrogen and oxygen atoms in total. The first-order chi connectivity index (χ1) is 7.56. The van der Waals surface area contributed by atoms with Gasteiger partial charge in [0.1, 0.15) is 11.3 Å². The van der Waals surface area contributed by atoms with Gasteiger partial charge in [0, 0.05) is 12.6 Å². The van der Waals surface area contributed by atoms with E-state index in [9.17, 15) is 4.79 Å². The van der Waals surface area contributed by atoms with Crippen molar-refractivity contribution in [3.05, 3.63) is 17.0 Å². The van der Waals surface area contributed by atoms with Crippen molar-refractivity contribution in [3.63, 3.8) is 0 Å². The second-order valence-electron chi connectivity index (χ2n) is 3.94. The van der Waals surface area contributed by atoms with E-state index in [2.05, 4.69) is 10.5 Å². The summed E-state index contributed by atoms with van der Waals surface area (Å²) in [5.74, 6) is 0.367. The van der Waals surface area contributed by atoms with Gasteiger partial charge < -0.3 is 14.9 Å². The summed E-state index contributed by atoms with van der Waals surface area (Å²) in [5.41, 5.74) is 1.11. The highest BCUT2D eigenvalue weighted by atomic mass is 16.5. The van der Waals surface area contributed by atoms with Gasteiger partial charge in [0.25, 0.3) is 5.91 Å².